The number of halogens is 1. The first-order valence-electron chi connectivity index (χ1n) is 8.38. The highest BCUT2D eigenvalue weighted by molar-refractivity contribution is 6.29. The number of hydrogen-bond acceptors (Lipinski definition) is 4. The van der Waals surface area contributed by atoms with Gasteiger partial charge in [-0.1, -0.05) is 18.5 Å². The third-order valence-corrected chi connectivity index (χ3v) is 3.69. The van der Waals surface area contributed by atoms with Crippen LogP contribution >= 0.6 is 11.6 Å². The molecule has 0 fully saturated rings. The van der Waals surface area contributed by atoms with Crippen LogP contribution in [0, 0.1) is 0 Å². The van der Waals surface area contributed by atoms with Gasteiger partial charge in [-0.15, -0.1) is 0 Å². The average molecular weight is 368 g/mol. The average Bonchev–Trinajstić information content (AvgIpc) is 2.82. The predicted molar refractivity (Wildman–Crippen MR) is 98.7 cm³/mol. The molecule has 7 heteroatoms. The van der Waals surface area contributed by atoms with Crippen LogP contribution in [0.1, 0.15) is 39.8 Å². The first-order chi connectivity index (χ1) is 11.7. The van der Waals surface area contributed by atoms with Crippen molar-refractivity contribution in [2.45, 2.75) is 53.0 Å². The van der Waals surface area contributed by atoms with Crippen molar-refractivity contribution in [2.24, 2.45) is 0 Å². The molecular formula is C18H26ClN3O3. The second-order valence-electron chi connectivity index (χ2n) is 6.98. The zero-order chi connectivity index (χ0) is 18.6. The molecule has 0 saturated carbocycles. The Hall–Kier alpha value is -1.79. The fourth-order valence-electron chi connectivity index (χ4n) is 2.40. The van der Waals surface area contributed by atoms with E-state index in [1.165, 1.54) is 4.90 Å². The Kier molecular flexibility index (Phi) is 6.30. The zero-order valence-electron chi connectivity index (χ0n) is 15.5. The lowest BCUT2D eigenvalue weighted by molar-refractivity contribution is 0.0273. The molecule has 1 amide bonds. The number of amides is 1. The lowest BCUT2D eigenvalue weighted by Crippen LogP contribution is -2.34. The minimum absolute atomic E-state index is 0.371. The monoisotopic (exact) mass is 367 g/mol. The normalized spacial score (nSPS) is 11.8. The summed E-state index contributed by atoms with van der Waals surface area (Å²) in [5.74, 6) is 0. The standard InChI is InChI=1S/C18H26ClN3O3/c1-6-9-24-12-22-13(10-14-15(22)7-8-16(19)20-14)11-21(5)17(23)25-18(2,3)4/h7-8,10H,6,9,11-12H2,1-5H3. The summed E-state index contributed by atoms with van der Waals surface area (Å²) in [5, 5.41) is 0.436. The van der Waals surface area contributed by atoms with Crippen molar-refractivity contribution in [3.63, 3.8) is 0 Å². The van der Waals surface area contributed by atoms with Crippen LogP contribution in [0.2, 0.25) is 5.15 Å². The summed E-state index contributed by atoms with van der Waals surface area (Å²) < 4.78 is 13.1. The van der Waals surface area contributed by atoms with Gasteiger partial charge in [0.25, 0.3) is 0 Å². The number of pyridine rings is 1. The first-order valence-corrected chi connectivity index (χ1v) is 8.75. The number of hydrogen-bond donors (Lipinski definition) is 0. The maximum atomic E-state index is 12.2. The smallest absolute Gasteiger partial charge is 0.410 e. The fourth-order valence-corrected chi connectivity index (χ4v) is 2.55. The van der Waals surface area contributed by atoms with E-state index in [1.54, 1.807) is 13.1 Å². The number of ether oxygens (including phenoxy) is 2. The Bertz CT molecular complexity index is 737. The van der Waals surface area contributed by atoms with Gasteiger partial charge >= 0.3 is 6.09 Å². The van der Waals surface area contributed by atoms with Gasteiger partial charge in [-0.05, 0) is 45.4 Å². The molecule has 0 N–H and O–H groups in total. The van der Waals surface area contributed by atoms with Crippen LogP contribution in [-0.2, 0) is 22.7 Å². The highest BCUT2D eigenvalue weighted by Crippen LogP contribution is 2.22. The third kappa shape index (κ3) is 5.34. The third-order valence-electron chi connectivity index (χ3n) is 3.48. The van der Waals surface area contributed by atoms with Gasteiger partial charge in [-0.25, -0.2) is 9.78 Å². The van der Waals surface area contributed by atoms with E-state index in [4.69, 9.17) is 21.1 Å². The Morgan fingerprint density at radius 2 is 2.08 bits per heavy atom. The molecule has 0 aliphatic heterocycles. The number of nitrogens with zero attached hydrogens (tertiary/aromatic N) is 3. The van der Waals surface area contributed by atoms with Gasteiger partial charge in [0.15, 0.2) is 0 Å². The molecule has 0 unspecified atom stereocenters. The molecule has 0 atom stereocenters. The van der Waals surface area contributed by atoms with Crippen LogP contribution < -0.4 is 0 Å². The van der Waals surface area contributed by atoms with Gasteiger partial charge in [0, 0.05) is 19.3 Å². The van der Waals surface area contributed by atoms with E-state index in [1.807, 2.05) is 37.5 Å². The number of rotatable bonds is 6. The highest BCUT2D eigenvalue weighted by Gasteiger charge is 2.21. The van der Waals surface area contributed by atoms with Crippen LogP contribution in [-0.4, -0.2) is 39.8 Å². The minimum atomic E-state index is -0.530. The number of carbonyl (C=O) groups is 1. The van der Waals surface area contributed by atoms with E-state index in [0.717, 1.165) is 23.1 Å². The van der Waals surface area contributed by atoms with Gasteiger partial charge in [0.05, 0.1) is 17.6 Å². The van der Waals surface area contributed by atoms with Crippen molar-refractivity contribution in [3.8, 4) is 0 Å². The molecule has 2 rings (SSSR count). The van der Waals surface area contributed by atoms with E-state index in [-0.39, 0.29) is 6.09 Å². The van der Waals surface area contributed by atoms with E-state index in [0.29, 0.717) is 25.0 Å². The van der Waals surface area contributed by atoms with Crippen LogP contribution in [0.4, 0.5) is 4.79 Å². The Balaban J connectivity index is 2.25. The zero-order valence-corrected chi connectivity index (χ0v) is 16.3. The Morgan fingerprint density at radius 1 is 1.36 bits per heavy atom. The van der Waals surface area contributed by atoms with E-state index in [2.05, 4.69) is 11.9 Å². The molecule has 0 aliphatic rings. The number of carbonyl (C=O) groups excluding carboxylic acids is 1. The molecule has 0 radical (unpaired) electrons. The molecule has 0 aromatic carbocycles. The number of aromatic nitrogens is 2. The molecule has 2 aromatic rings. The predicted octanol–water partition coefficient (Wildman–Crippen LogP) is 4.44. The Morgan fingerprint density at radius 3 is 2.72 bits per heavy atom. The van der Waals surface area contributed by atoms with Crippen molar-refractivity contribution < 1.29 is 14.3 Å². The van der Waals surface area contributed by atoms with E-state index in [9.17, 15) is 4.79 Å². The maximum Gasteiger partial charge on any atom is 0.410 e. The van der Waals surface area contributed by atoms with Crippen molar-refractivity contribution in [2.75, 3.05) is 13.7 Å². The molecule has 0 bridgehead atoms. The van der Waals surface area contributed by atoms with Gasteiger partial charge < -0.3 is 18.9 Å². The van der Waals surface area contributed by atoms with Crippen LogP contribution in [0.3, 0.4) is 0 Å². The quantitative estimate of drug-likeness (QED) is 0.559. The minimum Gasteiger partial charge on any atom is -0.444 e. The SMILES string of the molecule is CCCOCn1c(CN(C)C(=O)OC(C)(C)C)cc2nc(Cl)ccc21. The first kappa shape index (κ1) is 19.5. The summed E-state index contributed by atoms with van der Waals surface area (Å²) in [7, 11) is 1.71. The fraction of sp³-hybridized carbons (Fsp3) is 0.556. The largest absolute Gasteiger partial charge is 0.444 e. The second-order valence-corrected chi connectivity index (χ2v) is 7.36. The maximum absolute atomic E-state index is 12.2. The summed E-state index contributed by atoms with van der Waals surface area (Å²) in [6.45, 7) is 9.06. The highest BCUT2D eigenvalue weighted by atomic mass is 35.5. The molecule has 138 valence electrons. The van der Waals surface area contributed by atoms with Gasteiger partial charge in [-0.2, -0.15) is 0 Å². The van der Waals surface area contributed by atoms with Crippen LogP contribution in [0.25, 0.3) is 11.0 Å². The summed E-state index contributed by atoms with van der Waals surface area (Å²) in [5.41, 5.74) is 2.08. The van der Waals surface area contributed by atoms with Crippen molar-refractivity contribution in [1.82, 2.24) is 14.5 Å². The Labute approximate surface area is 153 Å². The van der Waals surface area contributed by atoms with Crippen molar-refractivity contribution >= 4 is 28.7 Å². The lowest BCUT2D eigenvalue weighted by atomic mass is 10.2. The van der Waals surface area contributed by atoms with Gasteiger partial charge in [-0.3, -0.25) is 0 Å². The summed E-state index contributed by atoms with van der Waals surface area (Å²) >= 11 is 6.00. The van der Waals surface area contributed by atoms with Gasteiger partial charge in [0.2, 0.25) is 0 Å². The van der Waals surface area contributed by atoms with Crippen molar-refractivity contribution in [1.29, 1.82) is 0 Å². The molecule has 2 aromatic heterocycles. The molecule has 0 aliphatic carbocycles. The van der Waals surface area contributed by atoms with E-state index < -0.39 is 5.60 Å². The topological polar surface area (TPSA) is 56.6 Å². The molecule has 0 saturated heterocycles. The summed E-state index contributed by atoms with van der Waals surface area (Å²) in [6.07, 6.45) is 0.570. The lowest BCUT2D eigenvalue weighted by Gasteiger charge is -2.25. The second kappa shape index (κ2) is 8.06. The van der Waals surface area contributed by atoms with Crippen LogP contribution in [0.5, 0.6) is 0 Å². The molecular weight excluding hydrogens is 342 g/mol. The number of fused-ring (bicyclic) bond motifs is 1. The molecule has 6 nitrogen and oxygen atoms in total. The molecule has 2 heterocycles. The summed E-state index contributed by atoms with van der Waals surface area (Å²) in [6, 6.07) is 5.59. The van der Waals surface area contributed by atoms with Crippen LogP contribution in [0.15, 0.2) is 18.2 Å². The molecule has 0 spiro atoms. The van der Waals surface area contributed by atoms with Gasteiger partial charge in [0.1, 0.15) is 17.5 Å². The van der Waals surface area contributed by atoms with E-state index >= 15 is 0 Å². The summed E-state index contributed by atoms with van der Waals surface area (Å²) in [4.78, 5) is 18.1. The molecule has 25 heavy (non-hydrogen) atoms. The van der Waals surface area contributed by atoms with Crippen molar-refractivity contribution in [3.05, 3.63) is 29.0 Å².